The molecule has 0 N–H and O–H groups in total. The van der Waals surface area contributed by atoms with E-state index in [9.17, 15) is 29.8 Å². The van der Waals surface area contributed by atoms with Gasteiger partial charge in [-0.1, -0.05) is 0 Å². The molecule has 0 saturated heterocycles. The van der Waals surface area contributed by atoms with Crippen LogP contribution in [0.15, 0.2) is 39.5 Å². The Labute approximate surface area is 137 Å². The van der Waals surface area contributed by atoms with Crippen molar-refractivity contribution in [1.29, 1.82) is 0 Å². The fraction of sp³-hybridized carbons (Fsp3) is 0.0667. The van der Waals surface area contributed by atoms with Crippen molar-refractivity contribution >= 4 is 39.3 Å². The molecule has 2 aromatic carbocycles. The summed E-state index contributed by atoms with van der Waals surface area (Å²) in [6, 6.07) is 5.26. The Bertz CT molecular complexity index is 1130. The fourth-order valence-electron chi connectivity index (χ4n) is 2.41. The first kappa shape index (κ1) is 16.1. The van der Waals surface area contributed by atoms with E-state index in [0.717, 1.165) is 31.4 Å². The van der Waals surface area contributed by atoms with Crippen molar-refractivity contribution in [3.63, 3.8) is 0 Å². The number of non-ortho nitro benzene ring substituents is 2. The molecule has 0 unspecified atom stereocenters. The van der Waals surface area contributed by atoms with Crippen molar-refractivity contribution in [3.8, 4) is 0 Å². The summed E-state index contributed by atoms with van der Waals surface area (Å²) < 4.78 is 10.1. The Morgan fingerprint density at radius 2 is 1.68 bits per heavy atom. The molecule has 0 bridgehead atoms. The summed E-state index contributed by atoms with van der Waals surface area (Å²) >= 11 is 0. The zero-order valence-corrected chi connectivity index (χ0v) is 12.5. The molecule has 0 aliphatic heterocycles. The molecule has 0 fully saturated rings. The maximum Gasteiger partial charge on any atom is 0.341 e. The second kappa shape index (κ2) is 5.67. The number of nitro benzene ring substituents is 2. The van der Waals surface area contributed by atoms with Crippen LogP contribution >= 0.6 is 0 Å². The maximum atomic E-state index is 12.6. The molecule has 0 spiro atoms. The summed E-state index contributed by atoms with van der Waals surface area (Å²) in [7, 11) is 1.08. The first-order valence-corrected chi connectivity index (χ1v) is 6.75. The number of methoxy groups -OCH3 is 1. The molecule has 10 heteroatoms. The zero-order valence-electron chi connectivity index (χ0n) is 12.5. The van der Waals surface area contributed by atoms with Crippen molar-refractivity contribution in [1.82, 2.24) is 0 Å². The second-order valence-corrected chi connectivity index (χ2v) is 4.99. The second-order valence-electron chi connectivity index (χ2n) is 4.99. The first-order valence-electron chi connectivity index (χ1n) is 6.75. The van der Waals surface area contributed by atoms with Crippen LogP contribution in [0.5, 0.6) is 0 Å². The quantitative estimate of drug-likeness (QED) is 0.305. The van der Waals surface area contributed by atoms with Crippen LogP contribution in [0.4, 0.5) is 11.4 Å². The predicted molar refractivity (Wildman–Crippen MR) is 84.6 cm³/mol. The third-order valence-corrected chi connectivity index (χ3v) is 3.57. The average molecular weight is 344 g/mol. The summed E-state index contributed by atoms with van der Waals surface area (Å²) in [5.74, 6) is -0.918. The fourth-order valence-corrected chi connectivity index (χ4v) is 2.41. The summed E-state index contributed by atoms with van der Waals surface area (Å²) in [6.45, 7) is 0. The standard InChI is InChI=1S/C15H8N2O8/c1-24-15(19)11-6-8(17(22)23)5-10-13(18)9-4-7(16(20)21)2-3-12(9)25-14(10)11/h2-6H,1H3. The van der Waals surface area contributed by atoms with E-state index < -0.39 is 26.9 Å². The first-order chi connectivity index (χ1) is 11.8. The molecule has 0 saturated carbocycles. The number of fused-ring (bicyclic) bond motifs is 2. The number of ether oxygens (including phenoxy) is 1. The number of benzene rings is 2. The van der Waals surface area contributed by atoms with Crippen LogP contribution in [0.3, 0.4) is 0 Å². The molecule has 0 aliphatic rings. The van der Waals surface area contributed by atoms with Gasteiger partial charge in [-0.15, -0.1) is 0 Å². The van der Waals surface area contributed by atoms with Crippen LogP contribution in [-0.4, -0.2) is 22.9 Å². The van der Waals surface area contributed by atoms with Gasteiger partial charge in [-0.25, -0.2) is 4.79 Å². The van der Waals surface area contributed by atoms with Gasteiger partial charge in [0.2, 0.25) is 5.43 Å². The number of hydrogen-bond donors (Lipinski definition) is 0. The molecular weight excluding hydrogens is 336 g/mol. The van der Waals surface area contributed by atoms with Crippen LogP contribution in [0, 0.1) is 20.2 Å². The number of carbonyl (C=O) groups is 1. The monoisotopic (exact) mass is 344 g/mol. The molecule has 3 aromatic rings. The van der Waals surface area contributed by atoms with Crippen LogP contribution in [0.1, 0.15) is 10.4 Å². The van der Waals surface area contributed by atoms with E-state index in [1.165, 1.54) is 6.07 Å². The van der Waals surface area contributed by atoms with Gasteiger partial charge in [0, 0.05) is 24.3 Å². The third-order valence-electron chi connectivity index (χ3n) is 3.57. The van der Waals surface area contributed by atoms with E-state index in [1.54, 1.807) is 0 Å². The van der Waals surface area contributed by atoms with Crippen LogP contribution in [-0.2, 0) is 4.74 Å². The van der Waals surface area contributed by atoms with Crippen molar-refractivity contribution in [2.45, 2.75) is 0 Å². The number of nitro groups is 2. The number of rotatable bonds is 3. The molecule has 0 aliphatic carbocycles. The van der Waals surface area contributed by atoms with E-state index >= 15 is 0 Å². The van der Waals surface area contributed by atoms with E-state index in [2.05, 4.69) is 4.74 Å². The maximum absolute atomic E-state index is 12.6. The number of esters is 1. The summed E-state index contributed by atoms with van der Waals surface area (Å²) in [5, 5.41) is 21.6. The number of nitrogens with zero attached hydrogens (tertiary/aromatic N) is 2. The third kappa shape index (κ3) is 2.55. The minimum atomic E-state index is -0.918. The molecule has 1 heterocycles. The van der Waals surface area contributed by atoms with Crippen molar-refractivity contribution in [2.75, 3.05) is 7.11 Å². The highest BCUT2D eigenvalue weighted by atomic mass is 16.6. The van der Waals surface area contributed by atoms with Crippen molar-refractivity contribution < 1.29 is 23.8 Å². The van der Waals surface area contributed by atoms with Crippen LogP contribution in [0.25, 0.3) is 21.9 Å². The van der Waals surface area contributed by atoms with Crippen LogP contribution < -0.4 is 5.43 Å². The lowest BCUT2D eigenvalue weighted by Crippen LogP contribution is -2.09. The van der Waals surface area contributed by atoms with Gasteiger partial charge in [-0.2, -0.15) is 0 Å². The van der Waals surface area contributed by atoms with E-state index in [4.69, 9.17) is 4.42 Å². The Hall–Kier alpha value is -3.82. The molecule has 1 aromatic heterocycles. The van der Waals surface area contributed by atoms with E-state index in [1.807, 2.05) is 0 Å². The Kier molecular flexibility index (Phi) is 3.64. The van der Waals surface area contributed by atoms with Gasteiger partial charge in [0.15, 0.2) is 5.58 Å². The minimum Gasteiger partial charge on any atom is -0.465 e. The summed E-state index contributed by atoms with van der Waals surface area (Å²) in [5.41, 5.74) is -2.05. The van der Waals surface area contributed by atoms with Gasteiger partial charge in [0.1, 0.15) is 11.1 Å². The normalized spacial score (nSPS) is 10.8. The van der Waals surface area contributed by atoms with Gasteiger partial charge < -0.3 is 9.15 Å². The van der Waals surface area contributed by atoms with Gasteiger partial charge in [-0.05, 0) is 6.07 Å². The lowest BCUT2D eigenvalue weighted by Gasteiger charge is -2.06. The van der Waals surface area contributed by atoms with E-state index in [0.29, 0.717) is 0 Å². The lowest BCUT2D eigenvalue weighted by atomic mass is 10.1. The molecule has 3 rings (SSSR count). The molecule has 0 radical (unpaired) electrons. The Morgan fingerprint density at radius 1 is 1.04 bits per heavy atom. The highest BCUT2D eigenvalue weighted by Crippen LogP contribution is 2.28. The molecule has 10 nitrogen and oxygen atoms in total. The molecule has 126 valence electrons. The molecule has 0 amide bonds. The minimum absolute atomic E-state index is 0.00195. The summed E-state index contributed by atoms with van der Waals surface area (Å²) in [6.07, 6.45) is 0. The predicted octanol–water partition coefficient (Wildman–Crippen LogP) is 2.55. The highest BCUT2D eigenvalue weighted by molar-refractivity contribution is 6.05. The molecule has 25 heavy (non-hydrogen) atoms. The largest absolute Gasteiger partial charge is 0.465 e. The highest BCUT2D eigenvalue weighted by Gasteiger charge is 2.23. The van der Waals surface area contributed by atoms with Gasteiger partial charge >= 0.3 is 5.97 Å². The Morgan fingerprint density at radius 3 is 2.28 bits per heavy atom. The zero-order chi connectivity index (χ0) is 18.3. The Balaban J connectivity index is 2.50. The van der Waals surface area contributed by atoms with Crippen molar-refractivity contribution in [2.24, 2.45) is 0 Å². The average Bonchev–Trinajstić information content (AvgIpc) is 2.60. The SMILES string of the molecule is COC(=O)c1cc([N+](=O)[O-])cc2c(=O)c3cc([N+](=O)[O-])ccc3oc12. The van der Waals surface area contributed by atoms with Crippen molar-refractivity contribution in [3.05, 3.63) is 66.3 Å². The molecule has 0 atom stereocenters. The smallest absolute Gasteiger partial charge is 0.341 e. The van der Waals surface area contributed by atoms with Crippen LogP contribution in [0.2, 0.25) is 0 Å². The van der Waals surface area contributed by atoms with E-state index in [-0.39, 0.29) is 33.2 Å². The topological polar surface area (TPSA) is 143 Å². The molecular formula is C15H8N2O8. The number of hydrogen-bond acceptors (Lipinski definition) is 8. The van der Waals surface area contributed by atoms with Gasteiger partial charge in [0.25, 0.3) is 11.4 Å². The van der Waals surface area contributed by atoms with Gasteiger partial charge in [-0.3, -0.25) is 25.0 Å². The summed E-state index contributed by atoms with van der Waals surface area (Å²) in [4.78, 5) is 45.0. The van der Waals surface area contributed by atoms with Gasteiger partial charge in [0.05, 0.1) is 27.7 Å². The lowest BCUT2D eigenvalue weighted by molar-refractivity contribution is -0.384. The number of carbonyl (C=O) groups excluding carboxylic acids is 1.